The van der Waals surface area contributed by atoms with Crippen LogP contribution < -0.4 is 15.9 Å². The number of aromatic nitrogens is 4. The first-order valence-electron chi connectivity index (χ1n) is 5.65. The number of anilines is 1. The number of fused-ring (bicyclic) bond motifs is 1. The summed E-state index contributed by atoms with van der Waals surface area (Å²) >= 11 is 0. The Hall–Kier alpha value is -1.89. The average Bonchev–Trinajstić information content (AvgIpc) is 2.71. The zero-order valence-electron chi connectivity index (χ0n) is 9.55. The third kappa shape index (κ3) is 1.78. The van der Waals surface area contributed by atoms with Crippen molar-refractivity contribution in [2.24, 2.45) is 0 Å². The maximum absolute atomic E-state index is 11.3. The van der Waals surface area contributed by atoms with Crippen LogP contribution in [0.15, 0.2) is 17.2 Å². The molecule has 7 nitrogen and oxygen atoms in total. The molecule has 0 radical (unpaired) electrons. The highest BCUT2D eigenvalue weighted by atomic mass is 16.1. The minimum Gasteiger partial charge on any atom is -0.354 e. The molecule has 0 saturated carbocycles. The summed E-state index contributed by atoms with van der Waals surface area (Å²) in [5, 5.41) is 9.71. The van der Waals surface area contributed by atoms with Gasteiger partial charge >= 0.3 is 5.69 Å². The van der Waals surface area contributed by atoms with Crippen LogP contribution in [0.2, 0.25) is 0 Å². The van der Waals surface area contributed by atoms with E-state index in [9.17, 15) is 4.79 Å². The summed E-state index contributed by atoms with van der Waals surface area (Å²) < 4.78 is 1.40. The van der Waals surface area contributed by atoms with Gasteiger partial charge in [-0.25, -0.2) is 19.3 Å². The van der Waals surface area contributed by atoms with Crippen LogP contribution >= 0.6 is 0 Å². The first-order chi connectivity index (χ1) is 8.24. The molecule has 1 saturated heterocycles. The highest BCUT2D eigenvalue weighted by molar-refractivity contribution is 5.50. The molecule has 0 aromatic carbocycles. The largest absolute Gasteiger partial charge is 0.354 e. The van der Waals surface area contributed by atoms with Crippen LogP contribution in [0.5, 0.6) is 0 Å². The van der Waals surface area contributed by atoms with E-state index in [4.69, 9.17) is 0 Å². The number of aromatic amines is 1. The number of hydrogen-bond acceptors (Lipinski definition) is 5. The molecule has 0 bridgehead atoms. The molecule has 90 valence electrons. The van der Waals surface area contributed by atoms with E-state index in [2.05, 4.69) is 32.3 Å². The number of H-pyrrole nitrogens is 1. The predicted molar refractivity (Wildman–Crippen MR) is 63.3 cm³/mol. The molecule has 2 N–H and O–H groups in total. The Bertz CT molecular complexity index is 588. The van der Waals surface area contributed by atoms with Crippen molar-refractivity contribution in [1.82, 2.24) is 24.9 Å². The minimum atomic E-state index is -0.257. The van der Waals surface area contributed by atoms with E-state index in [0.717, 1.165) is 25.5 Å². The second-order valence-corrected chi connectivity index (χ2v) is 4.31. The second-order valence-electron chi connectivity index (χ2n) is 4.31. The van der Waals surface area contributed by atoms with Gasteiger partial charge in [0.05, 0.1) is 0 Å². The Morgan fingerprint density at radius 3 is 3.24 bits per heavy atom. The van der Waals surface area contributed by atoms with E-state index in [0.29, 0.717) is 11.7 Å². The lowest BCUT2D eigenvalue weighted by atomic mass is 10.2. The van der Waals surface area contributed by atoms with Crippen LogP contribution in [0.1, 0.15) is 6.92 Å². The molecule has 1 fully saturated rings. The number of nitrogens with one attached hydrogen (secondary N) is 2. The molecule has 3 heterocycles. The Balaban J connectivity index is 1.97. The normalized spacial score (nSPS) is 21.0. The lowest BCUT2D eigenvalue weighted by molar-refractivity contribution is 0.482. The molecule has 7 heteroatoms. The van der Waals surface area contributed by atoms with Crippen LogP contribution in [0, 0.1) is 0 Å². The number of hydrogen-bond donors (Lipinski definition) is 2. The van der Waals surface area contributed by atoms with E-state index in [1.807, 2.05) is 6.07 Å². The zero-order chi connectivity index (χ0) is 11.8. The van der Waals surface area contributed by atoms with Crippen molar-refractivity contribution in [2.45, 2.75) is 13.0 Å². The minimum absolute atomic E-state index is 0.257. The van der Waals surface area contributed by atoms with Crippen LogP contribution in [0.25, 0.3) is 5.65 Å². The fourth-order valence-electron chi connectivity index (χ4n) is 2.11. The summed E-state index contributed by atoms with van der Waals surface area (Å²) in [6.07, 6.45) is 1.52. The fraction of sp³-hybridized carbons (Fsp3) is 0.500. The van der Waals surface area contributed by atoms with Crippen LogP contribution in [-0.2, 0) is 0 Å². The van der Waals surface area contributed by atoms with Gasteiger partial charge in [-0.05, 0) is 6.92 Å². The van der Waals surface area contributed by atoms with Crippen molar-refractivity contribution >= 4 is 11.5 Å². The molecule has 2 aromatic heterocycles. The van der Waals surface area contributed by atoms with Gasteiger partial charge in [0.25, 0.3) is 0 Å². The third-order valence-electron chi connectivity index (χ3n) is 2.99. The van der Waals surface area contributed by atoms with Gasteiger partial charge in [0, 0.05) is 31.7 Å². The third-order valence-corrected chi connectivity index (χ3v) is 2.99. The van der Waals surface area contributed by atoms with E-state index in [-0.39, 0.29) is 5.69 Å². The highest BCUT2D eigenvalue weighted by Crippen LogP contribution is 2.13. The molecule has 0 spiro atoms. The molecule has 1 aliphatic heterocycles. The quantitative estimate of drug-likeness (QED) is 0.676. The number of nitrogens with zero attached hydrogens (tertiary/aromatic N) is 4. The van der Waals surface area contributed by atoms with E-state index in [1.165, 1.54) is 10.7 Å². The average molecular weight is 234 g/mol. The standard InChI is InChI=1S/C10H14N6O/c1-7-5-15(3-2-11-7)8-4-9-13-14-10(17)16(9)6-12-8/h4,6-7,11H,2-3,5H2,1H3,(H,14,17). The van der Waals surface area contributed by atoms with Gasteiger partial charge in [-0.3, -0.25) is 0 Å². The van der Waals surface area contributed by atoms with Gasteiger partial charge in [0.2, 0.25) is 0 Å². The SMILES string of the molecule is CC1CN(c2cc3n[nH]c(=O)n3cn2)CCN1. The van der Waals surface area contributed by atoms with Gasteiger partial charge in [-0.15, -0.1) is 0 Å². The van der Waals surface area contributed by atoms with Crippen molar-refractivity contribution in [3.05, 3.63) is 22.9 Å². The Morgan fingerprint density at radius 2 is 2.41 bits per heavy atom. The van der Waals surface area contributed by atoms with Crippen LogP contribution in [0.3, 0.4) is 0 Å². The lowest BCUT2D eigenvalue weighted by Gasteiger charge is -2.32. The summed E-state index contributed by atoms with van der Waals surface area (Å²) in [6.45, 7) is 4.92. The van der Waals surface area contributed by atoms with Crippen molar-refractivity contribution in [3.8, 4) is 0 Å². The molecule has 0 amide bonds. The topological polar surface area (TPSA) is 78.3 Å². The summed E-state index contributed by atoms with van der Waals surface area (Å²) in [5.74, 6) is 0.866. The number of rotatable bonds is 1. The van der Waals surface area contributed by atoms with Crippen LogP contribution in [-0.4, -0.2) is 45.3 Å². The second kappa shape index (κ2) is 3.85. The summed E-state index contributed by atoms with van der Waals surface area (Å²) in [4.78, 5) is 17.8. The number of piperazine rings is 1. The van der Waals surface area contributed by atoms with E-state index in [1.54, 1.807) is 0 Å². The summed E-state index contributed by atoms with van der Waals surface area (Å²) in [6, 6.07) is 2.28. The van der Waals surface area contributed by atoms with Gasteiger partial charge in [0.1, 0.15) is 12.1 Å². The zero-order valence-corrected chi connectivity index (χ0v) is 9.55. The molecule has 3 rings (SSSR count). The van der Waals surface area contributed by atoms with E-state index < -0.39 is 0 Å². The first-order valence-corrected chi connectivity index (χ1v) is 5.65. The molecular formula is C10H14N6O. The Labute approximate surface area is 97.5 Å². The fourth-order valence-corrected chi connectivity index (χ4v) is 2.11. The molecule has 1 atom stereocenters. The Kier molecular flexibility index (Phi) is 2.32. The molecule has 1 aliphatic rings. The van der Waals surface area contributed by atoms with Gasteiger partial charge < -0.3 is 10.2 Å². The summed E-state index contributed by atoms with van der Waals surface area (Å²) in [5.41, 5.74) is 0.346. The maximum Gasteiger partial charge on any atom is 0.348 e. The molecule has 17 heavy (non-hydrogen) atoms. The van der Waals surface area contributed by atoms with Crippen LogP contribution in [0.4, 0.5) is 5.82 Å². The first kappa shape index (κ1) is 10.3. The highest BCUT2D eigenvalue weighted by Gasteiger charge is 2.17. The predicted octanol–water partition coefficient (Wildman–Crippen LogP) is -0.784. The van der Waals surface area contributed by atoms with Crippen molar-refractivity contribution in [2.75, 3.05) is 24.5 Å². The van der Waals surface area contributed by atoms with E-state index >= 15 is 0 Å². The molecular weight excluding hydrogens is 220 g/mol. The monoisotopic (exact) mass is 234 g/mol. The van der Waals surface area contributed by atoms with Crippen molar-refractivity contribution in [1.29, 1.82) is 0 Å². The van der Waals surface area contributed by atoms with Gasteiger partial charge in [0.15, 0.2) is 5.65 Å². The Morgan fingerprint density at radius 1 is 1.53 bits per heavy atom. The lowest BCUT2D eigenvalue weighted by Crippen LogP contribution is -2.49. The molecule has 0 aliphatic carbocycles. The molecule has 2 aromatic rings. The van der Waals surface area contributed by atoms with Gasteiger partial charge in [-0.2, -0.15) is 5.10 Å². The maximum atomic E-state index is 11.3. The molecule has 1 unspecified atom stereocenters. The summed E-state index contributed by atoms with van der Waals surface area (Å²) in [7, 11) is 0. The van der Waals surface area contributed by atoms with Crippen molar-refractivity contribution in [3.63, 3.8) is 0 Å². The van der Waals surface area contributed by atoms with Gasteiger partial charge in [-0.1, -0.05) is 0 Å². The van der Waals surface area contributed by atoms with Crippen molar-refractivity contribution < 1.29 is 0 Å². The smallest absolute Gasteiger partial charge is 0.348 e.